The molecule has 1 aliphatic heterocycles. The van der Waals surface area contributed by atoms with E-state index in [2.05, 4.69) is 4.74 Å². The molecule has 2 rings (SSSR count). The molecule has 0 unspecified atom stereocenters. The summed E-state index contributed by atoms with van der Waals surface area (Å²) in [5.74, 6) is -1.18. The van der Waals surface area contributed by atoms with Crippen molar-refractivity contribution in [3.8, 4) is 5.75 Å². The van der Waals surface area contributed by atoms with Crippen LogP contribution in [0.15, 0.2) is 18.2 Å². The van der Waals surface area contributed by atoms with Crippen LogP contribution in [0.1, 0.15) is 12.5 Å². The number of amides is 2. The Balaban J connectivity index is 1.83. The molecule has 23 heavy (non-hydrogen) atoms. The van der Waals surface area contributed by atoms with Gasteiger partial charge in [-0.05, 0) is 37.1 Å². The Morgan fingerprint density at radius 1 is 1.35 bits per heavy atom. The van der Waals surface area contributed by atoms with E-state index in [0.717, 1.165) is 5.56 Å². The Morgan fingerprint density at radius 2 is 2.13 bits per heavy atom. The highest BCUT2D eigenvalue weighted by molar-refractivity contribution is 6.30. The molecule has 7 nitrogen and oxygen atoms in total. The van der Waals surface area contributed by atoms with Gasteiger partial charge in [-0.15, -0.1) is 0 Å². The minimum Gasteiger partial charge on any atom is -0.492 e. The van der Waals surface area contributed by atoms with E-state index in [1.54, 1.807) is 25.1 Å². The smallest absolute Gasteiger partial charge is 0.413 e. The number of halogens is 1. The van der Waals surface area contributed by atoms with Gasteiger partial charge in [0.05, 0.1) is 12.5 Å². The van der Waals surface area contributed by atoms with Crippen molar-refractivity contribution in [1.29, 1.82) is 0 Å². The fourth-order valence-electron chi connectivity index (χ4n) is 2.09. The SMILES string of the molecule is CCOC(=O)NC(=O)COC(=O)[C@H]1COc2ccc(Cl)cc2C1. The Morgan fingerprint density at radius 3 is 2.87 bits per heavy atom. The van der Waals surface area contributed by atoms with Crippen molar-refractivity contribution in [2.24, 2.45) is 5.92 Å². The fourth-order valence-corrected chi connectivity index (χ4v) is 2.28. The summed E-state index contributed by atoms with van der Waals surface area (Å²) in [6.07, 6.45) is -0.466. The number of imide groups is 1. The molecule has 124 valence electrons. The van der Waals surface area contributed by atoms with Gasteiger partial charge in [0.25, 0.3) is 5.91 Å². The molecule has 0 spiro atoms. The summed E-state index contributed by atoms with van der Waals surface area (Å²) in [5.41, 5.74) is 0.807. The van der Waals surface area contributed by atoms with Crippen LogP contribution in [0.25, 0.3) is 0 Å². The third-order valence-electron chi connectivity index (χ3n) is 3.12. The van der Waals surface area contributed by atoms with E-state index in [4.69, 9.17) is 21.1 Å². The summed E-state index contributed by atoms with van der Waals surface area (Å²) in [4.78, 5) is 34.4. The van der Waals surface area contributed by atoms with Crippen LogP contribution in [0, 0.1) is 5.92 Å². The summed E-state index contributed by atoms with van der Waals surface area (Å²) in [5, 5.41) is 2.49. The zero-order valence-corrected chi connectivity index (χ0v) is 13.2. The van der Waals surface area contributed by atoms with E-state index < -0.39 is 30.5 Å². The van der Waals surface area contributed by atoms with Crippen molar-refractivity contribution in [2.75, 3.05) is 19.8 Å². The van der Waals surface area contributed by atoms with Gasteiger partial charge < -0.3 is 14.2 Å². The van der Waals surface area contributed by atoms with Crippen molar-refractivity contribution >= 4 is 29.6 Å². The molecule has 0 saturated heterocycles. The number of alkyl carbamates (subject to hydrolysis) is 1. The molecule has 2 amide bonds. The number of carbonyl (C=O) groups is 3. The van der Waals surface area contributed by atoms with Crippen molar-refractivity contribution < 1.29 is 28.6 Å². The third-order valence-corrected chi connectivity index (χ3v) is 3.36. The van der Waals surface area contributed by atoms with Crippen LogP contribution in [0.4, 0.5) is 4.79 Å². The first kappa shape index (κ1) is 17.1. The van der Waals surface area contributed by atoms with Crippen molar-refractivity contribution in [3.05, 3.63) is 28.8 Å². The van der Waals surface area contributed by atoms with Gasteiger partial charge >= 0.3 is 12.1 Å². The van der Waals surface area contributed by atoms with Gasteiger partial charge in [-0.2, -0.15) is 0 Å². The molecular formula is C15H16ClNO6. The Kier molecular flexibility index (Phi) is 5.81. The standard InChI is InChI=1S/C15H16ClNO6/c1-2-21-15(20)17-13(18)8-23-14(19)10-5-9-6-11(16)3-4-12(9)22-7-10/h3-4,6,10H,2,5,7-8H2,1H3,(H,17,18,20)/t10-/m1/s1. The first-order valence-electron chi connectivity index (χ1n) is 7.04. The molecule has 0 bridgehead atoms. The second-order valence-corrected chi connectivity index (χ2v) is 5.28. The topological polar surface area (TPSA) is 90.9 Å². The van der Waals surface area contributed by atoms with Gasteiger partial charge in [0, 0.05) is 5.02 Å². The van der Waals surface area contributed by atoms with Gasteiger partial charge in [-0.1, -0.05) is 11.6 Å². The number of benzene rings is 1. The van der Waals surface area contributed by atoms with Crippen molar-refractivity contribution in [3.63, 3.8) is 0 Å². The van der Waals surface area contributed by atoms with Crippen molar-refractivity contribution in [2.45, 2.75) is 13.3 Å². The molecule has 0 aliphatic carbocycles. The van der Waals surface area contributed by atoms with E-state index >= 15 is 0 Å². The van der Waals surface area contributed by atoms with Crippen LogP contribution < -0.4 is 10.1 Å². The van der Waals surface area contributed by atoms with Crippen LogP contribution >= 0.6 is 11.6 Å². The van der Waals surface area contributed by atoms with Crippen LogP contribution in [0.3, 0.4) is 0 Å². The minimum absolute atomic E-state index is 0.139. The zero-order valence-electron chi connectivity index (χ0n) is 12.5. The van der Waals surface area contributed by atoms with Crippen LogP contribution in [0.5, 0.6) is 5.75 Å². The predicted octanol–water partition coefficient (Wildman–Crippen LogP) is 1.71. The van der Waals surface area contributed by atoms with Crippen LogP contribution in [0.2, 0.25) is 5.02 Å². The lowest BCUT2D eigenvalue weighted by Crippen LogP contribution is -2.36. The number of rotatable bonds is 4. The second kappa shape index (κ2) is 7.82. The highest BCUT2D eigenvalue weighted by Crippen LogP contribution is 2.30. The molecule has 1 N–H and O–H groups in total. The lowest BCUT2D eigenvalue weighted by atomic mass is 9.97. The molecule has 8 heteroatoms. The number of hydrogen-bond donors (Lipinski definition) is 1. The van der Waals surface area contributed by atoms with Gasteiger partial charge in [0.2, 0.25) is 0 Å². The molecule has 1 heterocycles. The van der Waals surface area contributed by atoms with Gasteiger partial charge in [-0.3, -0.25) is 14.9 Å². The number of esters is 1. The lowest BCUT2D eigenvalue weighted by Gasteiger charge is -2.24. The molecule has 0 aromatic heterocycles. The summed E-state index contributed by atoms with van der Waals surface area (Å²) < 4.78 is 14.9. The summed E-state index contributed by atoms with van der Waals surface area (Å²) >= 11 is 5.91. The summed E-state index contributed by atoms with van der Waals surface area (Å²) in [6.45, 7) is 1.35. The van der Waals surface area contributed by atoms with E-state index in [1.807, 2.05) is 5.32 Å². The van der Waals surface area contributed by atoms with Crippen LogP contribution in [-0.2, 0) is 25.5 Å². The van der Waals surface area contributed by atoms with E-state index in [1.165, 1.54) is 0 Å². The largest absolute Gasteiger partial charge is 0.492 e. The maximum Gasteiger partial charge on any atom is 0.413 e. The highest BCUT2D eigenvalue weighted by atomic mass is 35.5. The summed E-state index contributed by atoms with van der Waals surface area (Å²) in [6, 6.07) is 5.18. The predicted molar refractivity (Wildman–Crippen MR) is 80.3 cm³/mol. The zero-order chi connectivity index (χ0) is 16.8. The maximum absolute atomic E-state index is 12.0. The first-order chi connectivity index (χ1) is 11.0. The minimum atomic E-state index is -0.877. The average Bonchev–Trinajstić information content (AvgIpc) is 2.52. The molecular weight excluding hydrogens is 326 g/mol. The first-order valence-corrected chi connectivity index (χ1v) is 7.42. The molecule has 0 saturated carbocycles. The Bertz CT molecular complexity index is 618. The number of carbonyl (C=O) groups excluding carboxylic acids is 3. The third kappa shape index (κ3) is 4.85. The quantitative estimate of drug-likeness (QED) is 0.838. The second-order valence-electron chi connectivity index (χ2n) is 4.84. The molecule has 1 aliphatic rings. The fraction of sp³-hybridized carbons (Fsp3) is 0.400. The van der Waals surface area contributed by atoms with Gasteiger partial charge in [0.1, 0.15) is 12.4 Å². The number of nitrogens with one attached hydrogen (secondary N) is 1. The monoisotopic (exact) mass is 341 g/mol. The lowest BCUT2D eigenvalue weighted by molar-refractivity contribution is -0.153. The molecule has 1 aromatic carbocycles. The van der Waals surface area contributed by atoms with Gasteiger partial charge in [0.15, 0.2) is 6.61 Å². The molecule has 0 radical (unpaired) electrons. The number of fused-ring (bicyclic) bond motifs is 1. The van der Waals surface area contributed by atoms with Crippen LogP contribution in [-0.4, -0.2) is 37.8 Å². The number of ether oxygens (including phenoxy) is 3. The Hall–Kier alpha value is -2.28. The van der Waals surface area contributed by atoms with E-state index in [9.17, 15) is 14.4 Å². The number of hydrogen-bond acceptors (Lipinski definition) is 6. The maximum atomic E-state index is 12.0. The highest BCUT2D eigenvalue weighted by Gasteiger charge is 2.28. The van der Waals surface area contributed by atoms with Gasteiger partial charge in [-0.25, -0.2) is 4.79 Å². The molecule has 1 aromatic rings. The molecule has 1 atom stereocenters. The average molecular weight is 342 g/mol. The Labute approximate surface area is 137 Å². The van der Waals surface area contributed by atoms with E-state index in [0.29, 0.717) is 17.2 Å². The molecule has 0 fully saturated rings. The van der Waals surface area contributed by atoms with E-state index in [-0.39, 0.29) is 13.2 Å². The van der Waals surface area contributed by atoms with Crippen molar-refractivity contribution in [1.82, 2.24) is 5.32 Å². The summed E-state index contributed by atoms with van der Waals surface area (Å²) in [7, 11) is 0. The normalized spacial score (nSPS) is 15.8.